The highest BCUT2D eigenvalue weighted by Gasteiger charge is 2.57. The Morgan fingerprint density at radius 2 is 1.76 bits per heavy atom. The van der Waals surface area contributed by atoms with E-state index >= 15 is 0 Å². The van der Waals surface area contributed by atoms with Gasteiger partial charge in [-0.1, -0.05) is 24.3 Å². The van der Waals surface area contributed by atoms with E-state index in [-0.39, 0.29) is 12.7 Å². The number of amides is 1. The second-order valence-electron chi connectivity index (χ2n) is 9.63. The van der Waals surface area contributed by atoms with Gasteiger partial charge in [-0.25, -0.2) is 0 Å². The van der Waals surface area contributed by atoms with Gasteiger partial charge in [0.15, 0.2) is 11.5 Å². The number of piperidine rings is 1. The molecule has 3 aromatic rings. The van der Waals surface area contributed by atoms with Crippen molar-refractivity contribution in [1.82, 2.24) is 4.90 Å². The molecule has 2 aromatic carbocycles. The lowest BCUT2D eigenvalue weighted by molar-refractivity contribution is -0.122. The molecule has 1 aromatic heterocycles. The molecule has 0 saturated carbocycles. The molecule has 4 aliphatic rings. The van der Waals surface area contributed by atoms with Gasteiger partial charge in [0, 0.05) is 35.3 Å². The van der Waals surface area contributed by atoms with Crippen LogP contribution in [0, 0.1) is 5.92 Å². The number of hydrogen-bond acceptors (Lipinski definition) is 6. The summed E-state index contributed by atoms with van der Waals surface area (Å²) in [4.78, 5) is 20.1. The summed E-state index contributed by atoms with van der Waals surface area (Å²) in [6.45, 7) is 4.46. The number of carbonyl (C=O) groups is 1. The molecule has 0 radical (unpaired) electrons. The normalized spacial score (nSPS) is 23.4. The van der Waals surface area contributed by atoms with Crippen LogP contribution >= 0.6 is 11.3 Å². The summed E-state index contributed by atoms with van der Waals surface area (Å²) in [6.07, 6.45) is 2.21. The summed E-state index contributed by atoms with van der Waals surface area (Å²) >= 11 is 1.83. The Morgan fingerprint density at radius 1 is 0.941 bits per heavy atom. The van der Waals surface area contributed by atoms with Crippen LogP contribution in [0.5, 0.6) is 17.2 Å². The molecule has 34 heavy (non-hydrogen) atoms. The second kappa shape index (κ2) is 7.75. The Morgan fingerprint density at radius 3 is 2.59 bits per heavy atom. The number of nitrogens with zero attached hydrogens (tertiary/aromatic N) is 2. The van der Waals surface area contributed by atoms with Gasteiger partial charge in [0.2, 0.25) is 12.7 Å². The molecule has 4 aliphatic heterocycles. The minimum atomic E-state index is -0.813. The van der Waals surface area contributed by atoms with Crippen molar-refractivity contribution in [1.29, 1.82) is 0 Å². The lowest BCUT2D eigenvalue weighted by Gasteiger charge is -2.34. The van der Waals surface area contributed by atoms with Gasteiger partial charge in [0.05, 0.1) is 0 Å². The molecule has 1 atom stereocenters. The predicted octanol–water partition coefficient (Wildman–Crippen LogP) is 4.41. The Labute approximate surface area is 202 Å². The first kappa shape index (κ1) is 20.4. The van der Waals surface area contributed by atoms with E-state index in [1.165, 1.54) is 4.88 Å². The number of anilines is 1. The van der Waals surface area contributed by atoms with Crippen LogP contribution in [0.3, 0.4) is 0 Å². The highest BCUT2D eigenvalue weighted by Crippen LogP contribution is 2.55. The van der Waals surface area contributed by atoms with Crippen molar-refractivity contribution in [3.8, 4) is 17.2 Å². The van der Waals surface area contributed by atoms with Gasteiger partial charge in [-0.3, -0.25) is 9.69 Å². The van der Waals surface area contributed by atoms with Crippen molar-refractivity contribution in [2.45, 2.75) is 24.8 Å². The summed E-state index contributed by atoms with van der Waals surface area (Å²) in [6, 6.07) is 16.4. The number of thiophene rings is 1. The number of fused-ring (bicyclic) bond motifs is 5. The van der Waals surface area contributed by atoms with Crippen LogP contribution in [0.15, 0.2) is 53.9 Å². The van der Waals surface area contributed by atoms with Crippen molar-refractivity contribution >= 4 is 22.9 Å². The van der Waals surface area contributed by atoms with Crippen molar-refractivity contribution in [3.05, 3.63) is 69.9 Å². The number of carbonyl (C=O) groups excluding carboxylic acids is 1. The van der Waals surface area contributed by atoms with Crippen molar-refractivity contribution < 1.29 is 19.0 Å². The molecule has 0 bridgehead atoms. The quantitative estimate of drug-likeness (QED) is 0.561. The molecule has 1 unspecified atom stereocenters. The van der Waals surface area contributed by atoms with Gasteiger partial charge in [-0.15, -0.1) is 11.3 Å². The summed E-state index contributed by atoms with van der Waals surface area (Å²) in [5.74, 6) is 2.69. The van der Waals surface area contributed by atoms with Crippen LogP contribution in [0.2, 0.25) is 0 Å². The van der Waals surface area contributed by atoms with E-state index in [1.54, 1.807) is 0 Å². The van der Waals surface area contributed by atoms with E-state index in [4.69, 9.17) is 14.2 Å². The van der Waals surface area contributed by atoms with Gasteiger partial charge >= 0.3 is 0 Å². The third kappa shape index (κ3) is 3.00. The Balaban J connectivity index is 1.15. The maximum atomic E-state index is 14.2. The number of rotatable bonds is 4. The van der Waals surface area contributed by atoms with Gasteiger partial charge in [-0.2, -0.15) is 0 Å². The highest BCUT2D eigenvalue weighted by molar-refractivity contribution is 7.09. The fourth-order valence-corrected chi connectivity index (χ4v) is 6.70. The highest BCUT2D eigenvalue weighted by atomic mass is 32.1. The van der Waals surface area contributed by atoms with E-state index in [0.717, 1.165) is 61.6 Å². The minimum absolute atomic E-state index is 0.118. The molecule has 6 nitrogen and oxygen atoms in total. The minimum Gasteiger partial charge on any atom is -0.491 e. The van der Waals surface area contributed by atoms with Gasteiger partial charge in [0.25, 0.3) is 0 Å². The largest absolute Gasteiger partial charge is 0.491 e. The molecule has 1 fully saturated rings. The topological polar surface area (TPSA) is 51.2 Å². The third-order valence-corrected chi connectivity index (χ3v) is 8.61. The third-order valence-electron chi connectivity index (χ3n) is 7.75. The molecule has 174 valence electrons. The van der Waals surface area contributed by atoms with Crippen LogP contribution in [-0.2, 0) is 16.8 Å². The fraction of sp³-hybridized carbons (Fsp3) is 0.370. The molecular weight excluding hydrogens is 448 g/mol. The number of ether oxygens (including phenoxy) is 3. The Hall–Kier alpha value is -3.03. The van der Waals surface area contributed by atoms with Crippen molar-refractivity contribution in [3.63, 3.8) is 0 Å². The zero-order valence-corrected chi connectivity index (χ0v) is 19.7. The molecule has 7 heteroatoms. The number of likely N-dealkylation sites (tertiary alicyclic amines) is 1. The van der Waals surface area contributed by atoms with E-state index in [9.17, 15) is 4.79 Å². The summed E-state index contributed by atoms with van der Waals surface area (Å²) in [5.41, 5.74) is 2.13. The Bertz CT molecular complexity index is 1250. The molecule has 1 saturated heterocycles. The zero-order valence-electron chi connectivity index (χ0n) is 18.9. The SMILES string of the molecule is O=C1N(CC2CCN(Cc3cccs3)CC2)c2ccccc2C12COc1cc3c(cc12)OCO3. The van der Waals surface area contributed by atoms with E-state index in [1.807, 2.05) is 40.5 Å². The molecule has 1 spiro atoms. The predicted molar refractivity (Wildman–Crippen MR) is 130 cm³/mol. The van der Waals surface area contributed by atoms with E-state index in [0.29, 0.717) is 24.0 Å². The van der Waals surface area contributed by atoms with Crippen molar-refractivity contribution in [2.75, 3.05) is 37.9 Å². The lowest BCUT2D eigenvalue weighted by Crippen LogP contribution is -2.45. The van der Waals surface area contributed by atoms with Crippen LogP contribution < -0.4 is 19.1 Å². The zero-order chi connectivity index (χ0) is 22.7. The monoisotopic (exact) mass is 474 g/mol. The number of hydrogen-bond donors (Lipinski definition) is 0. The average Bonchev–Trinajstić information content (AvgIpc) is 3.65. The molecular formula is C27H26N2O4S. The summed E-state index contributed by atoms with van der Waals surface area (Å²) < 4.78 is 17.3. The number of para-hydroxylation sites is 1. The van der Waals surface area contributed by atoms with Gasteiger partial charge in [-0.05, 0) is 61.0 Å². The molecule has 0 aliphatic carbocycles. The molecule has 7 rings (SSSR count). The maximum Gasteiger partial charge on any atom is 0.245 e. The average molecular weight is 475 g/mol. The van der Waals surface area contributed by atoms with E-state index < -0.39 is 5.41 Å². The molecule has 1 amide bonds. The molecule has 0 N–H and O–H groups in total. The van der Waals surface area contributed by atoms with Crippen LogP contribution in [0.1, 0.15) is 28.8 Å². The smallest absolute Gasteiger partial charge is 0.245 e. The van der Waals surface area contributed by atoms with Crippen LogP contribution in [-0.4, -0.2) is 43.8 Å². The summed E-state index contributed by atoms with van der Waals surface area (Å²) in [5, 5.41) is 2.15. The first-order valence-electron chi connectivity index (χ1n) is 12.0. The summed E-state index contributed by atoms with van der Waals surface area (Å²) in [7, 11) is 0. The standard InChI is InChI=1S/C27H26N2O4S/c30-26-27(16-31-23-13-25-24(12-21(23)27)32-17-33-25)20-5-1-2-6-22(20)29(26)14-18-7-9-28(10-8-18)15-19-4-3-11-34-19/h1-6,11-13,18H,7-10,14-17H2. The van der Waals surface area contributed by atoms with Gasteiger partial charge < -0.3 is 19.1 Å². The van der Waals surface area contributed by atoms with Crippen LogP contribution in [0.25, 0.3) is 0 Å². The maximum absolute atomic E-state index is 14.2. The van der Waals surface area contributed by atoms with Crippen molar-refractivity contribution in [2.24, 2.45) is 5.92 Å². The number of benzene rings is 2. The van der Waals surface area contributed by atoms with Gasteiger partial charge in [0.1, 0.15) is 17.8 Å². The van der Waals surface area contributed by atoms with E-state index in [2.05, 4.69) is 34.5 Å². The lowest BCUT2D eigenvalue weighted by atomic mass is 9.77. The first-order valence-corrected chi connectivity index (χ1v) is 12.8. The second-order valence-corrected chi connectivity index (χ2v) is 10.7. The fourth-order valence-electron chi connectivity index (χ4n) is 5.95. The molecule has 5 heterocycles. The Kier molecular flexibility index (Phi) is 4.64. The first-order chi connectivity index (χ1) is 16.7. The van der Waals surface area contributed by atoms with Crippen LogP contribution in [0.4, 0.5) is 5.69 Å².